The van der Waals surface area contributed by atoms with Crippen LogP contribution in [-0.2, 0) is 26.0 Å². The van der Waals surface area contributed by atoms with Gasteiger partial charge in [-0.1, -0.05) is 30.3 Å². The standard InChI is InChI=1S/C8H8O2.C6H13NO2S/c9-7-10-6-8-4-2-1-3-5-8;1-7-5-3-4-6(7)10(2,8)9/h1-5,7H,6H2;6H,3-5H2,1-2H3/t;6-/m.0/s1. The molecule has 0 unspecified atom stereocenters. The van der Waals surface area contributed by atoms with Crippen molar-refractivity contribution in [1.82, 2.24) is 4.90 Å². The van der Waals surface area contributed by atoms with Crippen molar-refractivity contribution in [3.8, 4) is 0 Å². The van der Waals surface area contributed by atoms with Gasteiger partial charge in [0.1, 0.15) is 12.0 Å². The van der Waals surface area contributed by atoms with E-state index in [1.165, 1.54) is 6.26 Å². The van der Waals surface area contributed by atoms with Gasteiger partial charge in [-0.25, -0.2) is 8.42 Å². The van der Waals surface area contributed by atoms with E-state index in [1.807, 2.05) is 42.3 Å². The van der Waals surface area contributed by atoms with E-state index in [0.29, 0.717) is 13.1 Å². The van der Waals surface area contributed by atoms with Crippen LogP contribution in [0.4, 0.5) is 0 Å². The predicted octanol–water partition coefficient (Wildman–Crippen LogP) is 1.44. The molecule has 0 saturated carbocycles. The molecule has 1 atom stereocenters. The van der Waals surface area contributed by atoms with Gasteiger partial charge in [0.25, 0.3) is 6.47 Å². The number of carbonyl (C=O) groups is 1. The molecule has 1 aliphatic rings. The van der Waals surface area contributed by atoms with Crippen molar-refractivity contribution in [3.05, 3.63) is 35.9 Å². The third-order valence-electron chi connectivity index (χ3n) is 3.11. The molecule has 1 aliphatic heterocycles. The maximum atomic E-state index is 11.0. The lowest BCUT2D eigenvalue weighted by molar-refractivity contribution is -0.129. The summed E-state index contributed by atoms with van der Waals surface area (Å²) in [6.07, 6.45) is 3.11. The summed E-state index contributed by atoms with van der Waals surface area (Å²) in [6.45, 7) is 1.73. The van der Waals surface area contributed by atoms with Crippen LogP contribution in [0.2, 0.25) is 0 Å². The van der Waals surface area contributed by atoms with E-state index < -0.39 is 9.84 Å². The zero-order valence-electron chi connectivity index (χ0n) is 11.9. The van der Waals surface area contributed by atoms with Crippen LogP contribution in [0.1, 0.15) is 18.4 Å². The number of rotatable bonds is 4. The summed E-state index contributed by atoms with van der Waals surface area (Å²) < 4.78 is 26.5. The molecule has 0 aromatic heterocycles. The summed E-state index contributed by atoms with van der Waals surface area (Å²) in [5, 5.41) is -0.215. The van der Waals surface area contributed by atoms with Crippen molar-refractivity contribution in [2.45, 2.75) is 24.8 Å². The predicted molar refractivity (Wildman–Crippen MR) is 77.8 cm³/mol. The first-order valence-electron chi connectivity index (χ1n) is 6.43. The summed E-state index contributed by atoms with van der Waals surface area (Å²) in [5.74, 6) is 0. The largest absolute Gasteiger partial charge is 0.463 e. The van der Waals surface area contributed by atoms with Crippen LogP contribution >= 0.6 is 0 Å². The summed E-state index contributed by atoms with van der Waals surface area (Å²) in [7, 11) is -0.966. The van der Waals surface area contributed by atoms with E-state index in [1.54, 1.807) is 0 Å². The zero-order chi connectivity index (χ0) is 15.0. The Bertz CT molecular complexity index is 501. The molecule has 0 N–H and O–H groups in total. The molecule has 0 aliphatic carbocycles. The van der Waals surface area contributed by atoms with E-state index in [9.17, 15) is 13.2 Å². The number of likely N-dealkylation sites (tertiary alicyclic amines) is 1. The highest BCUT2D eigenvalue weighted by Gasteiger charge is 2.29. The Balaban J connectivity index is 0.000000200. The van der Waals surface area contributed by atoms with Crippen LogP contribution in [0.15, 0.2) is 30.3 Å². The first-order valence-corrected chi connectivity index (χ1v) is 8.39. The van der Waals surface area contributed by atoms with E-state index in [4.69, 9.17) is 0 Å². The number of benzene rings is 1. The highest BCUT2D eigenvalue weighted by molar-refractivity contribution is 7.91. The summed E-state index contributed by atoms with van der Waals surface area (Å²) in [4.78, 5) is 11.7. The van der Waals surface area contributed by atoms with E-state index in [-0.39, 0.29) is 5.37 Å². The number of hydrogen-bond donors (Lipinski definition) is 0. The lowest BCUT2D eigenvalue weighted by Gasteiger charge is -2.16. The third kappa shape index (κ3) is 5.71. The van der Waals surface area contributed by atoms with Crippen LogP contribution in [0.25, 0.3) is 0 Å². The van der Waals surface area contributed by atoms with Crippen molar-refractivity contribution in [1.29, 1.82) is 0 Å². The Morgan fingerprint density at radius 3 is 2.40 bits per heavy atom. The fourth-order valence-electron chi connectivity index (χ4n) is 2.13. The van der Waals surface area contributed by atoms with Crippen LogP contribution < -0.4 is 0 Å². The van der Waals surface area contributed by atoms with Gasteiger partial charge in [-0.3, -0.25) is 9.69 Å². The topological polar surface area (TPSA) is 63.7 Å². The highest BCUT2D eigenvalue weighted by Crippen LogP contribution is 2.18. The molecule has 5 nitrogen and oxygen atoms in total. The maximum absolute atomic E-state index is 11.0. The Hall–Kier alpha value is -1.40. The van der Waals surface area contributed by atoms with Crippen molar-refractivity contribution in [3.63, 3.8) is 0 Å². The molecule has 0 bridgehead atoms. The smallest absolute Gasteiger partial charge is 0.293 e. The summed E-state index contributed by atoms with van der Waals surface area (Å²) in [6, 6.07) is 9.55. The second kappa shape index (κ2) is 8.01. The molecule has 0 spiro atoms. The minimum absolute atomic E-state index is 0.215. The molecule has 112 valence electrons. The van der Waals surface area contributed by atoms with Gasteiger partial charge in [0.15, 0.2) is 9.84 Å². The van der Waals surface area contributed by atoms with Crippen molar-refractivity contribution < 1.29 is 17.9 Å². The van der Waals surface area contributed by atoms with Crippen molar-refractivity contribution in [2.75, 3.05) is 19.8 Å². The van der Waals surface area contributed by atoms with E-state index >= 15 is 0 Å². The number of nitrogens with zero attached hydrogens (tertiary/aromatic N) is 1. The Kier molecular flexibility index (Phi) is 6.67. The molecule has 2 rings (SSSR count). The lowest BCUT2D eigenvalue weighted by Crippen LogP contribution is -2.31. The lowest BCUT2D eigenvalue weighted by atomic mass is 10.2. The molecule has 6 heteroatoms. The minimum atomic E-state index is -2.83. The Morgan fingerprint density at radius 2 is 2.00 bits per heavy atom. The van der Waals surface area contributed by atoms with Gasteiger partial charge >= 0.3 is 0 Å². The fraction of sp³-hybridized carbons (Fsp3) is 0.500. The molecule has 0 radical (unpaired) electrons. The summed E-state index contributed by atoms with van der Waals surface area (Å²) >= 11 is 0. The molecule has 0 amide bonds. The molecular weight excluding hydrogens is 278 g/mol. The van der Waals surface area contributed by atoms with Crippen molar-refractivity contribution in [2.24, 2.45) is 0 Å². The number of hydrogen-bond acceptors (Lipinski definition) is 5. The second-order valence-electron chi connectivity index (χ2n) is 4.80. The van der Waals surface area contributed by atoms with Crippen molar-refractivity contribution >= 4 is 16.3 Å². The average Bonchev–Trinajstić information content (AvgIpc) is 2.85. The van der Waals surface area contributed by atoms with Crippen LogP contribution in [0.3, 0.4) is 0 Å². The maximum Gasteiger partial charge on any atom is 0.293 e. The molecule has 20 heavy (non-hydrogen) atoms. The molecule has 1 aromatic carbocycles. The van der Waals surface area contributed by atoms with Gasteiger partial charge in [0.2, 0.25) is 0 Å². The molecular formula is C14H21NO4S. The van der Waals surface area contributed by atoms with Crippen LogP contribution in [0.5, 0.6) is 0 Å². The van der Waals surface area contributed by atoms with Gasteiger partial charge in [-0.15, -0.1) is 0 Å². The first kappa shape index (κ1) is 16.7. The van der Waals surface area contributed by atoms with Crippen LogP contribution in [-0.4, -0.2) is 45.0 Å². The van der Waals surface area contributed by atoms with E-state index in [2.05, 4.69) is 4.74 Å². The van der Waals surface area contributed by atoms with Gasteiger partial charge in [0.05, 0.1) is 0 Å². The van der Waals surface area contributed by atoms with Crippen LogP contribution in [0, 0.1) is 0 Å². The quantitative estimate of drug-likeness (QED) is 0.787. The monoisotopic (exact) mass is 299 g/mol. The SMILES string of the molecule is CN1CCC[C@@H]1S(C)(=O)=O.O=COCc1ccccc1. The van der Waals surface area contributed by atoms with Gasteiger partial charge in [-0.05, 0) is 32.0 Å². The zero-order valence-corrected chi connectivity index (χ0v) is 12.7. The Labute approximate surface area is 120 Å². The average molecular weight is 299 g/mol. The number of sulfone groups is 1. The Morgan fingerprint density at radius 1 is 1.35 bits per heavy atom. The molecule has 1 aromatic rings. The number of carbonyl (C=O) groups excluding carboxylic acids is 1. The minimum Gasteiger partial charge on any atom is -0.463 e. The van der Waals surface area contributed by atoms with E-state index in [0.717, 1.165) is 24.9 Å². The molecule has 1 saturated heterocycles. The van der Waals surface area contributed by atoms with Gasteiger partial charge in [0, 0.05) is 6.26 Å². The third-order valence-corrected chi connectivity index (χ3v) is 4.69. The molecule has 1 heterocycles. The number of ether oxygens (including phenoxy) is 1. The van der Waals surface area contributed by atoms with Gasteiger partial charge in [-0.2, -0.15) is 0 Å². The van der Waals surface area contributed by atoms with Gasteiger partial charge < -0.3 is 4.74 Å². The molecule has 1 fully saturated rings. The normalized spacial score (nSPS) is 19.0. The first-order chi connectivity index (χ1) is 9.45. The fourth-order valence-corrected chi connectivity index (χ4v) is 3.48. The highest BCUT2D eigenvalue weighted by atomic mass is 32.2. The summed E-state index contributed by atoms with van der Waals surface area (Å²) in [5.41, 5.74) is 1.01. The second-order valence-corrected chi connectivity index (χ2v) is 7.00.